The molecule has 4 aromatic rings. The van der Waals surface area contributed by atoms with Crippen LogP contribution in [0.15, 0.2) is 66.2 Å². The number of thiophene rings is 1. The van der Waals surface area contributed by atoms with E-state index in [0.29, 0.717) is 21.8 Å². The zero-order valence-corrected chi connectivity index (χ0v) is 15.8. The van der Waals surface area contributed by atoms with E-state index in [1.54, 1.807) is 59.1 Å². The third-order valence-corrected chi connectivity index (χ3v) is 5.29. The Morgan fingerprint density at radius 3 is 2.61 bits per heavy atom. The number of para-hydroxylation sites is 2. The summed E-state index contributed by atoms with van der Waals surface area (Å²) < 4.78 is 6.95. The van der Waals surface area contributed by atoms with Gasteiger partial charge in [0.25, 0.3) is 5.91 Å². The van der Waals surface area contributed by atoms with Gasteiger partial charge in [-0.05, 0) is 35.7 Å². The first kappa shape index (κ1) is 17.8. The van der Waals surface area contributed by atoms with E-state index in [9.17, 15) is 9.59 Å². The highest BCUT2D eigenvalue weighted by molar-refractivity contribution is 7.12. The predicted molar refractivity (Wildman–Crippen MR) is 111 cm³/mol. The number of carbonyl (C=O) groups excluding carboxylic acids is 2. The zero-order valence-electron chi connectivity index (χ0n) is 15.0. The third-order valence-electron chi connectivity index (χ3n) is 4.42. The Hall–Kier alpha value is -3.58. The molecule has 7 heteroatoms. The van der Waals surface area contributed by atoms with E-state index in [-0.39, 0.29) is 22.7 Å². The fourth-order valence-electron chi connectivity index (χ4n) is 3.16. The van der Waals surface area contributed by atoms with Crippen molar-refractivity contribution in [3.05, 3.63) is 82.3 Å². The summed E-state index contributed by atoms with van der Waals surface area (Å²) in [6.07, 6.45) is 1.73. The Morgan fingerprint density at radius 1 is 1.07 bits per heavy atom. The van der Waals surface area contributed by atoms with Crippen molar-refractivity contribution >= 4 is 39.9 Å². The minimum absolute atomic E-state index is 0.150. The lowest BCUT2D eigenvalue weighted by Gasteiger charge is -2.10. The maximum absolute atomic E-state index is 13.1. The summed E-state index contributed by atoms with van der Waals surface area (Å²) >= 11 is 1.33. The molecule has 0 unspecified atom stereocenters. The first-order valence-electron chi connectivity index (χ1n) is 8.53. The SMILES string of the molecule is COc1ccccc1NC(=O)c1c(N)c(C(=O)c2cccs2)n2ccccc12. The van der Waals surface area contributed by atoms with E-state index in [1.807, 2.05) is 11.4 Å². The molecular weight excluding hydrogens is 374 g/mol. The summed E-state index contributed by atoms with van der Waals surface area (Å²) in [6.45, 7) is 0. The molecule has 1 amide bonds. The van der Waals surface area contributed by atoms with E-state index in [2.05, 4.69) is 5.32 Å². The van der Waals surface area contributed by atoms with Gasteiger partial charge in [0.15, 0.2) is 0 Å². The summed E-state index contributed by atoms with van der Waals surface area (Å²) in [5, 5.41) is 4.66. The van der Waals surface area contributed by atoms with E-state index < -0.39 is 5.91 Å². The molecule has 0 aliphatic carbocycles. The molecule has 0 spiro atoms. The van der Waals surface area contributed by atoms with Crippen LogP contribution in [-0.4, -0.2) is 23.2 Å². The van der Waals surface area contributed by atoms with Crippen molar-refractivity contribution in [1.29, 1.82) is 0 Å². The number of carbonyl (C=O) groups is 2. The fraction of sp³-hybridized carbons (Fsp3) is 0.0476. The second kappa shape index (κ2) is 7.21. The van der Waals surface area contributed by atoms with Crippen molar-refractivity contribution in [1.82, 2.24) is 4.40 Å². The van der Waals surface area contributed by atoms with E-state index in [0.717, 1.165) is 0 Å². The van der Waals surface area contributed by atoms with Crippen LogP contribution >= 0.6 is 11.3 Å². The zero-order chi connectivity index (χ0) is 19.7. The quantitative estimate of drug-likeness (QED) is 0.502. The number of nitrogens with one attached hydrogen (secondary N) is 1. The molecule has 0 saturated carbocycles. The molecule has 0 radical (unpaired) electrons. The molecule has 4 rings (SSSR count). The number of fused-ring (bicyclic) bond motifs is 1. The normalized spacial score (nSPS) is 10.8. The number of hydrogen-bond acceptors (Lipinski definition) is 5. The molecule has 6 nitrogen and oxygen atoms in total. The summed E-state index contributed by atoms with van der Waals surface area (Å²) in [7, 11) is 1.53. The molecule has 0 saturated heterocycles. The second-order valence-electron chi connectivity index (χ2n) is 6.05. The topological polar surface area (TPSA) is 85.8 Å². The van der Waals surface area contributed by atoms with Crippen LogP contribution < -0.4 is 15.8 Å². The Balaban J connectivity index is 1.83. The number of amides is 1. The number of ketones is 1. The van der Waals surface area contributed by atoms with Gasteiger partial charge in [-0.25, -0.2) is 0 Å². The van der Waals surface area contributed by atoms with Crippen LogP contribution in [0.2, 0.25) is 0 Å². The number of nitrogens with zero attached hydrogens (tertiary/aromatic N) is 1. The number of anilines is 2. The summed E-state index contributed by atoms with van der Waals surface area (Å²) in [6, 6.07) is 16.0. The smallest absolute Gasteiger partial charge is 0.260 e. The van der Waals surface area contributed by atoms with Gasteiger partial charge >= 0.3 is 0 Å². The fourth-order valence-corrected chi connectivity index (χ4v) is 3.82. The predicted octanol–water partition coefficient (Wildman–Crippen LogP) is 4.07. The lowest BCUT2D eigenvalue weighted by atomic mass is 10.1. The highest BCUT2D eigenvalue weighted by Crippen LogP contribution is 2.31. The minimum atomic E-state index is -0.407. The number of methoxy groups -OCH3 is 1. The van der Waals surface area contributed by atoms with Crippen molar-refractivity contribution in [3.8, 4) is 5.75 Å². The third kappa shape index (κ3) is 2.91. The molecule has 1 aromatic carbocycles. The Labute approximate surface area is 165 Å². The maximum atomic E-state index is 13.1. The minimum Gasteiger partial charge on any atom is -0.495 e. The lowest BCUT2D eigenvalue weighted by molar-refractivity contribution is 0.102. The van der Waals surface area contributed by atoms with Crippen LogP contribution in [0.1, 0.15) is 25.7 Å². The average Bonchev–Trinajstić information content (AvgIpc) is 3.34. The largest absolute Gasteiger partial charge is 0.495 e. The monoisotopic (exact) mass is 391 g/mol. The van der Waals surface area contributed by atoms with Crippen LogP contribution in [0.4, 0.5) is 11.4 Å². The van der Waals surface area contributed by atoms with E-state index in [1.165, 1.54) is 18.4 Å². The van der Waals surface area contributed by atoms with Crippen LogP contribution in [-0.2, 0) is 0 Å². The van der Waals surface area contributed by atoms with Crippen molar-refractivity contribution in [2.24, 2.45) is 0 Å². The number of hydrogen-bond donors (Lipinski definition) is 2. The Bertz CT molecular complexity index is 1180. The number of nitrogens with two attached hydrogens (primary N) is 1. The van der Waals surface area contributed by atoms with Crippen LogP contribution in [0.3, 0.4) is 0 Å². The molecular formula is C21H17N3O3S. The molecule has 0 aliphatic heterocycles. The van der Waals surface area contributed by atoms with Gasteiger partial charge in [-0.15, -0.1) is 11.3 Å². The highest BCUT2D eigenvalue weighted by atomic mass is 32.1. The van der Waals surface area contributed by atoms with Crippen LogP contribution in [0, 0.1) is 0 Å². The molecule has 3 N–H and O–H groups in total. The number of nitrogen functional groups attached to an aromatic ring is 1. The van der Waals surface area contributed by atoms with Gasteiger partial charge in [0.1, 0.15) is 11.4 Å². The van der Waals surface area contributed by atoms with E-state index >= 15 is 0 Å². The first-order valence-corrected chi connectivity index (χ1v) is 9.41. The van der Waals surface area contributed by atoms with Gasteiger partial charge < -0.3 is 20.2 Å². The number of benzene rings is 1. The number of ether oxygens (including phenoxy) is 1. The number of pyridine rings is 1. The van der Waals surface area contributed by atoms with Crippen LogP contribution in [0.5, 0.6) is 5.75 Å². The summed E-state index contributed by atoms with van der Waals surface area (Å²) in [5.74, 6) is -0.0891. The van der Waals surface area contributed by atoms with Gasteiger partial charge in [0.05, 0.1) is 34.4 Å². The molecule has 0 bridgehead atoms. The molecule has 28 heavy (non-hydrogen) atoms. The van der Waals surface area contributed by atoms with Crippen LogP contribution in [0.25, 0.3) is 5.52 Å². The molecule has 140 valence electrons. The molecule has 3 heterocycles. The molecule has 0 fully saturated rings. The highest BCUT2D eigenvalue weighted by Gasteiger charge is 2.26. The second-order valence-corrected chi connectivity index (χ2v) is 7.00. The molecule has 0 atom stereocenters. The van der Waals surface area contributed by atoms with Crippen molar-refractivity contribution < 1.29 is 14.3 Å². The Kier molecular flexibility index (Phi) is 4.58. The van der Waals surface area contributed by atoms with Crippen molar-refractivity contribution in [3.63, 3.8) is 0 Å². The number of rotatable bonds is 5. The van der Waals surface area contributed by atoms with Crippen molar-refractivity contribution in [2.45, 2.75) is 0 Å². The van der Waals surface area contributed by atoms with Gasteiger partial charge in [-0.3, -0.25) is 9.59 Å². The van der Waals surface area contributed by atoms with Gasteiger partial charge in [0, 0.05) is 6.20 Å². The lowest BCUT2D eigenvalue weighted by Crippen LogP contribution is -2.14. The van der Waals surface area contributed by atoms with Gasteiger partial charge in [-0.2, -0.15) is 0 Å². The first-order chi connectivity index (χ1) is 13.6. The maximum Gasteiger partial charge on any atom is 0.260 e. The Morgan fingerprint density at radius 2 is 1.86 bits per heavy atom. The summed E-state index contributed by atoms with van der Waals surface area (Å²) in [4.78, 5) is 26.6. The van der Waals surface area contributed by atoms with Crippen molar-refractivity contribution in [2.75, 3.05) is 18.2 Å². The molecule has 3 aromatic heterocycles. The van der Waals surface area contributed by atoms with Gasteiger partial charge in [-0.1, -0.05) is 24.3 Å². The van der Waals surface area contributed by atoms with Gasteiger partial charge in [0.2, 0.25) is 5.78 Å². The van der Waals surface area contributed by atoms with E-state index in [4.69, 9.17) is 10.5 Å². The standard InChI is InChI=1S/C21H17N3O3S/c1-27-15-9-3-2-7-13(15)23-21(26)17-14-8-4-5-11-24(14)19(18(17)22)20(25)16-10-6-12-28-16/h2-12H,22H2,1H3,(H,23,26). The molecule has 0 aliphatic rings. The average molecular weight is 391 g/mol. The number of aromatic nitrogens is 1. The summed E-state index contributed by atoms with van der Waals surface area (Å²) in [5.41, 5.74) is 8.09.